The fraction of sp³-hybridized carbons (Fsp3) is 0.750. The van der Waals surface area contributed by atoms with E-state index in [9.17, 15) is 9.59 Å². The molecule has 0 saturated carbocycles. The highest BCUT2D eigenvalue weighted by Crippen LogP contribution is 2.22. The third kappa shape index (κ3) is 5.25. The Bertz CT molecular complexity index is 393. The number of hydrogen-bond donors (Lipinski definition) is 0. The second kappa shape index (κ2) is 7.18. The van der Waals surface area contributed by atoms with E-state index in [0.717, 1.165) is 12.8 Å². The van der Waals surface area contributed by atoms with Gasteiger partial charge in [0.25, 0.3) is 11.8 Å². The number of rotatable bonds is 9. The molecule has 1 rings (SSSR count). The van der Waals surface area contributed by atoms with Crippen molar-refractivity contribution in [1.29, 1.82) is 0 Å². The summed E-state index contributed by atoms with van der Waals surface area (Å²) in [6, 6.07) is 0. The molecule has 0 aromatic heterocycles. The number of hydrogen-bond acceptors (Lipinski definition) is 4. The quantitative estimate of drug-likeness (QED) is 0.613. The van der Waals surface area contributed by atoms with E-state index in [0.29, 0.717) is 19.6 Å². The number of carbonyl (C=O) groups is 2. The van der Waals surface area contributed by atoms with E-state index >= 15 is 0 Å². The molecule has 1 atom stereocenters. The van der Waals surface area contributed by atoms with Crippen LogP contribution in [0.5, 0.6) is 0 Å². The van der Waals surface area contributed by atoms with Crippen molar-refractivity contribution >= 4 is 11.8 Å². The molecule has 0 saturated heterocycles. The van der Waals surface area contributed by atoms with Crippen LogP contribution >= 0.6 is 0 Å². The average molecular weight is 297 g/mol. The van der Waals surface area contributed by atoms with Gasteiger partial charge in [-0.1, -0.05) is 6.92 Å². The maximum Gasteiger partial charge on any atom is 0.253 e. The molecule has 0 N–H and O–H groups in total. The van der Waals surface area contributed by atoms with Gasteiger partial charge in [-0.25, -0.2) is 0 Å². The predicted molar refractivity (Wildman–Crippen MR) is 80.8 cm³/mol. The molecule has 1 heterocycles. The van der Waals surface area contributed by atoms with Crippen molar-refractivity contribution in [2.75, 3.05) is 20.3 Å². The van der Waals surface area contributed by atoms with Gasteiger partial charge < -0.3 is 9.47 Å². The van der Waals surface area contributed by atoms with E-state index in [1.165, 1.54) is 17.1 Å². The fourth-order valence-electron chi connectivity index (χ4n) is 2.07. The molecule has 1 aliphatic rings. The standard InChI is InChI=1S/C16H27NO4/c1-6-16(4,20-5)10-12-21-15(2,3)9-11-17-13(18)7-8-14(17)19/h7-8H,6,9-12H2,1-5H3. The molecule has 1 unspecified atom stereocenters. The smallest absolute Gasteiger partial charge is 0.253 e. The molecular weight excluding hydrogens is 270 g/mol. The van der Waals surface area contributed by atoms with Crippen molar-refractivity contribution < 1.29 is 19.1 Å². The molecule has 120 valence electrons. The third-order valence-electron chi connectivity index (χ3n) is 4.20. The van der Waals surface area contributed by atoms with Crippen LogP contribution in [-0.4, -0.2) is 48.2 Å². The van der Waals surface area contributed by atoms with Crippen molar-refractivity contribution in [2.45, 2.75) is 58.2 Å². The van der Waals surface area contributed by atoms with Gasteiger partial charge in [0.1, 0.15) is 0 Å². The first-order valence-corrected chi connectivity index (χ1v) is 7.46. The molecule has 0 aromatic rings. The van der Waals surface area contributed by atoms with Gasteiger partial charge in [0.15, 0.2) is 0 Å². The Morgan fingerprint density at radius 3 is 2.14 bits per heavy atom. The molecule has 0 aliphatic carbocycles. The van der Waals surface area contributed by atoms with Gasteiger partial charge in [0, 0.05) is 25.8 Å². The molecule has 21 heavy (non-hydrogen) atoms. The van der Waals surface area contributed by atoms with Gasteiger partial charge in [-0.05, 0) is 40.0 Å². The van der Waals surface area contributed by atoms with Gasteiger partial charge in [-0.15, -0.1) is 0 Å². The molecule has 5 heteroatoms. The van der Waals surface area contributed by atoms with E-state index in [4.69, 9.17) is 9.47 Å². The van der Waals surface area contributed by atoms with Crippen molar-refractivity contribution in [3.63, 3.8) is 0 Å². The van der Waals surface area contributed by atoms with Gasteiger partial charge in [-0.3, -0.25) is 14.5 Å². The number of nitrogens with zero attached hydrogens (tertiary/aromatic N) is 1. The third-order valence-corrected chi connectivity index (χ3v) is 4.20. The van der Waals surface area contributed by atoms with E-state index < -0.39 is 0 Å². The van der Waals surface area contributed by atoms with Crippen LogP contribution in [0, 0.1) is 0 Å². The lowest BCUT2D eigenvalue weighted by molar-refractivity contribution is -0.137. The first-order valence-electron chi connectivity index (χ1n) is 7.46. The van der Waals surface area contributed by atoms with Crippen LogP contribution in [0.3, 0.4) is 0 Å². The Hall–Kier alpha value is -1.20. The van der Waals surface area contributed by atoms with Crippen LogP contribution in [0.25, 0.3) is 0 Å². The lowest BCUT2D eigenvalue weighted by Crippen LogP contribution is -2.37. The number of amides is 2. The lowest BCUT2D eigenvalue weighted by atomic mass is 9.99. The van der Waals surface area contributed by atoms with Crippen molar-refractivity contribution in [1.82, 2.24) is 4.90 Å². The molecule has 0 aromatic carbocycles. The van der Waals surface area contributed by atoms with E-state index in [-0.39, 0.29) is 23.0 Å². The second-order valence-corrected chi connectivity index (χ2v) is 6.28. The zero-order valence-corrected chi connectivity index (χ0v) is 13.8. The van der Waals surface area contributed by atoms with Crippen LogP contribution in [0.15, 0.2) is 12.2 Å². The van der Waals surface area contributed by atoms with Crippen LogP contribution in [-0.2, 0) is 19.1 Å². The maximum absolute atomic E-state index is 11.5. The Kier molecular flexibility index (Phi) is 6.10. The number of ether oxygens (including phenoxy) is 2. The van der Waals surface area contributed by atoms with Crippen LogP contribution in [0.2, 0.25) is 0 Å². The molecule has 0 bridgehead atoms. The summed E-state index contributed by atoms with van der Waals surface area (Å²) in [5.41, 5.74) is -0.549. The minimum Gasteiger partial charge on any atom is -0.378 e. The predicted octanol–water partition coefficient (Wildman–Crippen LogP) is 2.30. The fourth-order valence-corrected chi connectivity index (χ4v) is 2.07. The average Bonchev–Trinajstić information content (AvgIpc) is 2.75. The number of carbonyl (C=O) groups excluding carboxylic acids is 2. The highest BCUT2D eigenvalue weighted by atomic mass is 16.5. The Labute approximate surface area is 127 Å². The topological polar surface area (TPSA) is 55.8 Å². The molecule has 1 aliphatic heterocycles. The zero-order chi connectivity index (χ0) is 16.1. The van der Waals surface area contributed by atoms with Crippen molar-refractivity contribution in [2.24, 2.45) is 0 Å². The maximum atomic E-state index is 11.5. The minimum absolute atomic E-state index is 0.166. The summed E-state index contributed by atoms with van der Waals surface area (Å²) in [6.07, 6.45) is 4.97. The monoisotopic (exact) mass is 297 g/mol. The second-order valence-electron chi connectivity index (χ2n) is 6.28. The molecule has 0 spiro atoms. The summed E-state index contributed by atoms with van der Waals surface area (Å²) >= 11 is 0. The van der Waals surface area contributed by atoms with E-state index in [1.54, 1.807) is 7.11 Å². The normalized spacial score (nSPS) is 18.4. The highest BCUT2D eigenvalue weighted by molar-refractivity contribution is 6.12. The van der Waals surface area contributed by atoms with Gasteiger partial charge in [0.2, 0.25) is 0 Å². The summed E-state index contributed by atoms with van der Waals surface area (Å²) in [5, 5.41) is 0. The lowest BCUT2D eigenvalue weighted by Gasteiger charge is -2.31. The van der Waals surface area contributed by atoms with Gasteiger partial charge in [-0.2, -0.15) is 0 Å². The minimum atomic E-state index is -0.383. The van der Waals surface area contributed by atoms with Crippen molar-refractivity contribution in [3.05, 3.63) is 12.2 Å². The molecule has 0 fully saturated rings. The Morgan fingerprint density at radius 1 is 1.10 bits per heavy atom. The van der Waals surface area contributed by atoms with E-state index in [1.807, 2.05) is 13.8 Å². The zero-order valence-electron chi connectivity index (χ0n) is 13.8. The summed E-state index contributed by atoms with van der Waals surface area (Å²) in [4.78, 5) is 24.2. The van der Waals surface area contributed by atoms with Crippen LogP contribution in [0.4, 0.5) is 0 Å². The first kappa shape index (κ1) is 17.9. The van der Waals surface area contributed by atoms with Crippen LogP contribution < -0.4 is 0 Å². The summed E-state index contributed by atoms with van der Waals surface area (Å²) in [7, 11) is 1.71. The molecule has 0 radical (unpaired) electrons. The Balaban J connectivity index is 2.37. The largest absolute Gasteiger partial charge is 0.378 e. The molecule has 2 amide bonds. The summed E-state index contributed by atoms with van der Waals surface area (Å²) < 4.78 is 11.4. The summed E-state index contributed by atoms with van der Waals surface area (Å²) in [5.74, 6) is -0.484. The first-order chi connectivity index (χ1) is 9.73. The molecule has 5 nitrogen and oxygen atoms in total. The summed E-state index contributed by atoms with van der Waals surface area (Å²) in [6.45, 7) is 9.07. The van der Waals surface area contributed by atoms with E-state index in [2.05, 4.69) is 13.8 Å². The van der Waals surface area contributed by atoms with Gasteiger partial charge in [0.05, 0.1) is 17.8 Å². The van der Waals surface area contributed by atoms with Crippen LogP contribution in [0.1, 0.15) is 47.0 Å². The van der Waals surface area contributed by atoms with Crippen molar-refractivity contribution in [3.8, 4) is 0 Å². The molecular formula is C16H27NO4. The SMILES string of the molecule is CCC(C)(CCOC(C)(C)CCN1C(=O)C=CC1=O)OC. The number of methoxy groups -OCH3 is 1. The van der Waals surface area contributed by atoms with Gasteiger partial charge >= 0.3 is 0 Å². The number of imide groups is 1. The Morgan fingerprint density at radius 2 is 1.67 bits per heavy atom. The highest BCUT2D eigenvalue weighted by Gasteiger charge is 2.28.